The Hall–Kier alpha value is -1.16. The van der Waals surface area contributed by atoms with Crippen LogP contribution in [-0.2, 0) is 6.42 Å². The Bertz CT molecular complexity index is 614. The van der Waals surface area contributed by atoms with Crippen LogP contribution < -0.4 is 5.32 Å². The molecule has 5 heteroatoms. The zero-order valence-electron chi connectivity index (χ0n) is 10.6. The van der Waals surface area contributed by atoms with Gasteiger partial charge in [-0.2, -0.15) is 0 Å². The topological polar surface area (TPSA) is 29.1 Å². The quantitative estimate of drug-likeness (QED) is 0.808. The number of benzene rings is 2. The van der Waals surface area contributed by atoms with E-state index in [0.717, 1.165) is 10.5 Å². The van der Waals surface area contributed by atoms with Crippen molar-refractivity contribution in [3.63, 3.8) is 0 Å². The van der Waals surface area contributed by atoms with E-state index >= 15 is 0 Å². The third-order valence-electron chi connectivity index (χ3n) is 2.82. The summed E-state index contributed by atoms with van der Waals surface area (Å²) in [6.07, 6.45) is 0.659. The van der Waals surface area contributed by atoms with Crippen molar-refractivity contribution < 1.29 is 4.79 Å². The predicted octanol–water partition coefficient (Wildman–Crippen LogP) is 4.25. The third kappa shape index (κ3) is 4.17. The van der Waals surface area contributed by atoms with Crippen molar-refractivity contribution in [1.29, 1.82) is 0 Å². The smallest absolute Gasteiger partial charge is 0.251 e. The van der Waals surface area contributed by atoms with E-state index in [1.807, 2.05) is 6.07 Å². The molecule has 0 bridgehead atoms. The van der Waals surface area contributed by atoms with Crippen LogP contribution in [0.15, 0.2) is 47.4 Å². The van der Waals surface area contributed by atoms with Gasteiger partial charge in [-0.3, -0.25) is 4.79 Å². The first-order chi connectivity index (χ1) is 9.56. The van der Waals surface area contributed by atoms with Crippen molar-refractivity contribution in [1.82, 2.24) is 5.32 Å². The van der Waals surface area contributed by atoms with Gasteiger partial charge in [0.15, 0.2) is 0 Å². The van der Waals surface area contributed by atoms with E-state index in [4.69, 9.17) is 23.2 Å². The monoisotopic (exact) mass is 325 g/mol. The van der Waals surface area contributed by atoms with Gasteiger partial charge in [0, 0.05) is 27.0 Å². The summed E-state index contributed by atoms with van der Waals surface area (Å²) in [6, 6.07) is 12.4. The SMILES string of the molecule is O=C(NCCc1ccc(Cl)cc1Cl)c1ccc(S)cc1. The summed E-state index contributed by atoms with van der Waals surface area (Å²) in [4.78, 5) is 12.7. The molecule has 0 heterocycles. The first-order valence-corrected chi connectivity index (χ1v) is 7.28. The second-order valence-corrected chi connectivity index (χ2v) is 5.65. The Kier molecular flexibility index (Phi) is 5.35. The summed E-state index contributed by atoms with van der Waals surface area (Å²) in [5, 5.41) is 4.08. The molecule has 2 aromatic rings. The number of hydrogen-bond donors (Lipinski definition) is 2. The van der Waals surface area contributed by atoms with Crippen LogP contribution in [0.5, 0.6) is 0 Å². The predicted molar refractivity (Wildman–Crippen MR) is 86.2 cm³/mol. The first kappa shape index (κ1) is 15.2. The molecule has 0 saturated heterocycles. The summed E-state index contributed by atoms with van der Waals surface area (Å²) in [7, 11) is 0. The lowest BCUT2D eigenvalue weighted by Gasteiger charge is -2.07. The fraction of sp³-hybridized carbons (Fsp3) is 0.133. The molecule has 2 nitrogen and oxygen atoms in total. The average molecular weight is 326 g/mol. The van der Waals surface area contributed by atoms with E-state index in [2.05, 4.69) is 17.9 Å². The second kappa shape index (κ2) is 7.02. The molecular weight excluding hydrogens is 313 g/mol. The Balaban J connectivity index is 1.89. The van der Waals surface area contributed by atoms with Gasteiger partial charge >= 0.3 is 0 Å². The molecule has 1 amide bonds. The fourth-order valence-electron chi connectivity index (χ4n) is 1.75. The highest BCUT2D eigenvalue weighted by molar-refractivity contribution is 7.80. The van der Waals surface area contributed by atoms with Gasteiger partial charge in [-0.1, -0.05) is 29.3 Å². The first-order valence-electron chi connectivity index (χ1n) is 6.07. The van der Waals surface area contributed by atoms with Gasteiger partial charge in [0.2, 0.25) is 0 Å². The Morgan fingerprint density at radius 2 is 1.80 bits per heavy atom. The molecule has 2 rings (SSSR count). The lowest BCUT2D eigenvalue weighted by atomic mass is 10.1. The van der Waals surface area contributed by atoms with Gasteiger partial charge in [-0.25, -0.2) is 0 Å². The second-order valence-electron chi connectivity index (χ2n) is 4.29. The summed E-state index contributed by atoms with van der Waals surface area (Å²) < 4.78 is 0. The Labute approximate surface area is 133 Å². The lowest BCUT2D eigenvalue weighted by molar-refractivity contribution is 0.0954. The zero-order valence-corrected chi connectivity index (χ0v) is 13.0. The molecule has 2 aromatic carbocycles. The van der Waals surface area contributed by atoms with E-state index in [-0.39, 0.29) is 5.91 Å². The van der Waals surface area contributed by atoms with Crippen molar-refractivity contribution in [2.75, 3.05) is 6.54 Å². The molecule has 0 radical (unpaired) electrons. The molecule has 0 aromatic heterocycles. The minimum absolute atomic E-state index is 0.108. The summed E-state index contributed by atoms with van der Waals surface area (Å²) in [5.74, 6) is -0.108. The van der Waals surface area contributed by atoms with Crippen LogP contribution in [0.3, 0.4) is 0 Å². The normalized spacial score (nSPS) is 10.3. The van der Waals surface area contributed by atoms with E-state index in [0.29, 0.717) is 28.6 Å². The maximum absolute atomic E-state index is 11.9. The van der Waals surface area contributed by atoms with Crippen LogP contribution in [0.25, 0.3) is 0 Å². The number of halogens is 2. The van der Waals surface area contributed by atoms with Gasteiger partial charge in [0.1, 0.15) is 0 Å². The van der Waals surface area contributed by atoms with Gasteiger partial charge in [0.05, 0.1) is 0 Å². The third-order valence-corrected chi connectivity index (χ3v) is 3.71. The summed E-state index contributed by atoms with van der Waals surface area (Å²) in [5.41, 5.74) is 1.58. The van der Waals surface area contributed by atoms with E-state index < -0.39 is 0 Å². The molecule has 0 aliphatic rings. The summed E-state index contributed by atoms with van der Waals surface area (Å²) >= 11 is 16.1. The molecule has 0 aliphatic carbocycles. The van der Waals surface area contributed by atoms with Gasteiger partial charge < -0.3 is 5.32 Å². The van der Waals surface area contributed by atoms with Crippen molar-refractivity contribution in [2.24, 2.45) is 0 Å². The molecule has 0 atom stereocenters. The number of hydrogen-bond acceptors (Lipinski definition) is 2. The standard InChI is InChI=1S/C15H13Cl2NOS/c16-12-4-1-10(14(17)9-12)7-8-18-15(19)11-2-5-13(20)6-3-11/h1-6,9,20H,7-8H2,(H,18,19). The Morgan fingerprint density at radius 1 is 1.10 bits per heavy atom. The van der Waals surface area contributed by atoms with Crippen molar-refractivity contribution in [3.05, 3.63) is 63.6 Å². The van der Waals surface area contributed by atoms with Crippen LogP contribution >= 0.6 is 35.8 Å². The zero-order chi connectivity index (χ0) is 14.5. The number of rotatable bonds is 4. The number of amides is 1. The van der Waals surface area contributed by atoms with E-state index in [1.165, 1.54) is 0 Å². The average Bonchev–Trinajstić information content (AvgIpc) is 2.42. The van der Waals surface area contributed by atoms with Crippen LogP contribution in [0.4, 0.5) is 0 Å². The minimum Gasteiger partial charge on any atom is -0.352 e. The molecule has 104 valence electrons. The molecule has 0 aliphatic heterocycles. The number of carbonyl (C=O) groups excluding carboxylic acids is 1. The highest BCUT2D eigenvalue weighted by Crippen LogP contribution is 2.21. The highest BCUT2D eigenvalue weighted by Gasteiger charge is 2.06. The Morgan fingerprint density at radius 3 is 2.45 bits per heavy atom. The van der Waals surface area contributed by atoms with Crippen molar-refractivity contribution >= 4 is 41.7 Å². The van der Waals surface area contributed by atoms with Crippen molar-refractivity contribution in [2.45, 2.75) is 11.3 Å². The van der Waals surface area contributed by atoms with Gasteiger partial charge in [-0.05, 0) is 48.4 Å². The molecular formula is C15H13Cl2NOS. The summed E-state index contributed by atoms with van der Waals surface area (Å²) in [6.45, 7) is 0.517. The molecule has 20 heavy (non-hydrogen) atoms. The maximum atomic E-state index is 11.9. The van der Waals surface area contributed by atoms with Gasteiger partial charge in [-0.15, -0.1) is 12.6 Å². The van der Waals surface area contributed by atoms with Crippen molar-refractivity contribution in [3.8, 4) is 0 Å². The lowest BCUT2D eigenvalue weighted by Crippen LogP contribution is -2.25. The highest BCUT2D eigenvalue weighted by atomic mass is 35.5. The fourth-order valence-corrected chi connectivity index (χ4v) is 2.40. The minimum atomic E-state index is -0.108. The number of nitrogens with one attached hydrogen (secondary N) is 1. The van der Waals surface area contributed by atoms with Crippen LogP contribution in [0.2, 0.25) is 10.0 Å². The number of thiol groups is 1. The molecule has 0 spiro atoms. The van der Waals surface area contributed by atoms with Gasteiger partial charge in [0.25, 0.3) is 5.91 Å². The molecule has 0 fully saturated rings. The number of carbonyl (C=O) groups is 1. The van der Waals surface area contributed by atoms with E-state index in [1.54, 1.807) is 36.4 Å². The molecule has 0 unspecified atom stereocenters. The van der Waals surface area contributed by atoms with Crippen LogP contribution in [0, 0.1) is 0 Å². The molecule has 0 saturated carbocycles. The largest absolute Gasteiger partial charge is 0.352 e. The molecule has 1 N–H and O–H groups in total. The maximum Gasteiger partial charge on any atom is 0.251 e. The van der Waals surface area contributed by atoms with Crippen LogP contribution in [0.1, 0.15) is 15.9 Å². The van der Waals surface area contributed by atoms with Crippen LogP contribution in [-0.4, -0.2) is 12.5 Å². The van der Waals surface area contributed by atoms with E-state index in [9.17, 15) is 4.79 Å².